The number of aliphatic carboxylic acids is 1. The van der Waals surface area contributed by atoms with Crippen molar-refractivity contribution in [3.63, 3.8) is 0 Å². The maximum Gasteiger partial charge on any atom is 0.394 e. The number of carboxylic acids is 1. The van der Waals surface area contributed by atoms with E-state index >= 15 is 0 Å². The van der Waals surface area contributed by atoms with Gasteiger partial charge in [0, 0.05) is 31.7 Å². The van der Waals surface area contributed by atoms with Gasteiger partial charge in [-0.05, 0) is 55.9 Å². The molecule has 1 fully saturated rings. The highest BCUT2D eigenvalue weighted by molar-refractivity contribution is 6.32. The number of carbonyl (C=O) groups is 4. The number of amides is 3. The number of nitrogens with two attached hydrogens (primary N) is 1. The standard InChI is InChI=1S/C25H33ClN4O5/c1-3-4-5-6-7-9-20(28-22(31)25(34)35)23(32)30-13-8-10-21(30)24(33)29(2)16-18-14-19(26)12-11-17(18)15-27/h3-6,11-12,14,20-21H,7-10,13,15-16,27H2,1-2H3,(H,28,31)(H,34,35)/b4-3-,6-5+/t20?,21-/m0/s1. The van der Waals surface area contributed by atoms with Crippen molar-refractivity contribution in [2.24, 2.45) is 5.73 Å². The minimum Gasteiger partial charge on any atom is -0.474 e. The molecular weight excluding hydrogens is 472 g/mol. The second-order valence-electron chi connectivity index (χ2n) is 8.36. The predicted molar refractivity (Wildman–Crippen MR) is 133 cm³/mol. The zero-order valence-electron chi connectivity index (χ0n) is 20.1. The number of likely N-dealkylation sites (N-methyl/N-ethyl adjacent to an activating group) is 1. The molecule has 9 nitrogen and oxygen atoms in total. The fourth-order valence-corrected chi connectivity index (χ4v) is 4.24. The van der Waals surface area contributed by atoms with Crippen molar-refractivity contribution in [2.45, 2.75) is 57.8 Å². The fourth-order valence-electron chi connectivity index (χ4n) is 4.04. The van der Waals surface area contributed by atoms with Crippen molar-refractivity contribution < 1.29 is 24.3 Å². The zero-order chi connectivity index (χ0) is 26.0. The molecule has 0 aromatic heterocycles. The van der Waals surface area contributed by atoms with Gasteiger partial charge in [0.15, 0.2) is 0 Å². The maximum absolute atomic E-state index is 13.3. The lowest BCUT2D eigenvalue weighted by molar-refractivity contribution is -0.152. The Balaban J connectivity index is 2.16. The lowest BCUT2D eigenvalue weighted by atomic mass is 10.1. The third-order valence-electron chi connectivity index (χ3n) is 5.85. The van der Waals surface area contributed by atoms with Crippen LogP contribution in [0.15, 0.2) is 42.5 Å². The van der Waals surface area contributed by atoms with Gasteiger partial charge >= 0.3 is 11.9 Å². The first-order valence-electron chi connectivity index (χ1n) is 11.5. The normalized spacial score (nSPS) is 16.6. The average molecular weight is 505 g/mol. The van der Waals surface area contributed by atoms with Gasteiger partial charge in [0.2, 0.25) is 11.8 Å². The molecule has 2 atom stereocenters. The Kier molecular flexibility index (Phi) is 10.9. The number of nitrogens with zero attached hydrogens (tertiary/aromatic N) is 2. The molecule has 0 aliphatic carbocycles. The number of hydrogen-bond donors (Lipinski definition) is 3. The summed E-state index contributed by atoms with van der Waals surface area (Å²) >= 11 is 6.11. The fraction of sp³-hybridized carbons (Fsp3) is 0.440. The van der Waals surface area contributed by atoms with E-state index in [-0.39, 0.29) is 18.9 Å². The lowest BCUT2D eigenvalue weighted by Gasteiger charge is -2.31. The van der Waals surface area contributed by atoms with Crippen molar-refractivity contribution in [1.29, 1.82) is 0 Å². The van der Waals surface area contributed by atoms with E-state index < -0.39 is 29.9 Å². The van der Waals surface area contributed by atoms with Crippen molar-refractivity contribution in [1.82, 2.24) is 15.1 Å². The van der Waals surface area contributed by atoms with Crippen LogP contribution in [0.3, 0.4) is 0 Å². The summed E-state index contributed by atoms with van der Waals surface area (Å²) in [6.45, 7) is 2.80. The molecule has 0 radical (unpaired) electrons. The van der Waals surface area contributed by atoms with Gasteiger partial charge in [0.05, 0.1) is 0 Å². The Morgan fingerprint density at radius 1 is 1.29 bits per heavy atom. The van der Waals surface area contributed by atoms with E-state index in [9.17, 15) is 19.2 Å². The van der Waals surface area contributed by atoms with Gasteiger partial charge in [-0.3, -0.25) is 14.4 Å². The van der Waals surface area contributed by atoms with E-state index in [0.29, 0.717) is 37.4 Å². The first-order chi connectivity index (χ1) is 16.7. The molecule has 2 rings (SSSR count). The van der Waals surface area contributed by atoms with Gasteiger partial charge in [-0.2, -0.15) is 0 Å². The van der Waals surface area contributed by atoms with Gasteiger partial charge in [-0.1, -0.05) is 42.0 Å². The summed E-state index contributed by atoms with van der Waals surface area (Å²) in [5.41, 5.74) is 7.51. The number of benzene rings is 1. The molecule has 190 valence electrons. The molecule has 1 aliphatic heterocycles. The van der Waals surface area contributed by atoms with Crippen LogP contribution in [0.5, 0.6) is 0 Å². The molecule has 1 unspecified atom stereocenters. The maximum atomic E-state index is 13.3. The number of carbonyl (C=O) groups excluding carboxylic acids is 3. The highest BCUT2D eigenvalue weighted by Crippen LogP contribution is 2.23. The number of hydrogen-bond acceptors (Lipinski definition) is 5. The van der Waals surface area contributed by atoms with Crippen LogP contribution in [0.4, 0.5) is 0 Å². The highest BCUT2D eigenvalue weighted by atomic mass is 35.5. The summed E-state index contributed by atoms with van der Waals surface area (Å²) in [5.74, 6) is -3.63. The molecule has 1 aromatic carbocycles. The van der Waals surface area contributed by atoms with E-state index in [1.165, 1.54) is 9.80 Å². The third-order valence-corrected chi connectivity index (χ3v) is 6.09. The van der Waals surface area contributed by atoms with Crippen LogP contribution >= 0.6 is 11.6 Å². The topological polar surface area (TPSA) is 133 Å². The number of halogens is 1. The highest BCUT2D eigenvalue weighted by Gasteiger charge is 2.39. The molecule has 0 spiro atoms. The Labute approximate surface area is 210 Å². The van der Waals surface area contributed by atoms with Crippen LogP contribution in [0, 0.1) is 0 Å². The lowest BCUT2D eigenvalue weighted by Crippen LogP contribution is -2.54. The molecule has 1 saturated heterocycles. The van der Waals surface area contributed by atoms with Crippen molar-refractivity contribution in [2.75, 3.05) is 13.6 Å². The monoisotopic (exact) mass is 504 g/mol. The molecule has 1 aliphatic rings. The van der Waals surface area contributed by atoms with Crippen molar-refractivity contribution in [3.05, 3.63) is 58.7 Å². The SMILES string of the molecule is C/C=C\C=C\CCC(NC(=O)C(=O)O)C(=O)N1CCC[C@H]1C(=O)N(C)Cc1cc(Cl)ccc1CN. The van der Waals surface area contributed by atoms with Crippen molar-refractivity contribution >= 4 is 35.3 Å². The third kappa shape index (κ3) is 7.93. The second-order valence-corrected chi connectivity index (χ2v) is 8.80. The smallest absolute Gasteiger partial charge is 0.394 e. The Morgan fingerprint density at radius 2 is 2.03 bits per heavy atom. The molecule has 1 aromatic rings. The van der Waals surface area contributed by atoms with Crippen LogP contribution in [-0.2, 0) is 32.3 Å². The first-order valence-corrected chi connectivity index (χ1v) is 11.9. The minimum atomic E-state index is -1.67. The number of allylic oxidation sites excluding steroid dienone is 4. The van der Waals surface area contributed by atoms with Gasteiger partial charge in [-0.15, -0.1) is 0 Å². The summed E-state index contributed by atoms with van der Waals surface area (Å²) in [7, 11) is 1.65. The minimum absolute atomic E-state index is 0.210. The quantitative estimate of drug-likeness (QED) is 0.330. The van der Waals surface area contributed by atoms with Gasteiger partial charge in [-0.25, -0.2) is 4.79 Å². The number of rotatable bonds is 10. The number of nitrogens with one attached hydrogen (secondary N) is 1. The summed E-state index contributed by atoms with van der Waals surface area (Å²) < 4.78 is 0. The largest absolute Gasteiger partial charge is 0.474 e. The van der Waals surface area contributed by atoms with E-state index in [1.807, 2.05) is 37.3 Å². The molecule has 35 heavy (non-hydrogen) atoms. The molecule has 0 bridgehead atoms. The van der Waals surface area contributed by atoms with Crippen LogP contribution in [0.1, 0.15) is 43.7 Å². The Morgan fingerprint density at radius 3 is 2.69 bits per heavy atom. The van der Waals surface area contributed by atoms with Gasteiger partial charge in [0.25, 0.3) is 0 Å². The van der Waals surface area contributed by atoms with Crippen LogP contribution < -0.4 is 11.1 Å². The Bertz CT molecular complexity index is 994. The van der Waals surface area contributed by atoms with E-state index in [4.69, 9.17) is 22.4 Å². The van der Waals surface area contributed by atoms with Gasteiger partial charge < -0.3 is 26.0 Å². The molecule has 3 amide bonds. The van der Waals surface area contributed by atoms with Crippen LogP contribution in [-0.4, -0.2) is 64.3 Å². The molecule has 0 saturated carbocycles. The summed E-state index contributed by atoms with van der Waals surface area (Å²) in [6.07, 6.45) is 9.08. The first kappa shape index (κ1) is 28.1. The van der Waals surface area contributed by atoms with Crippen LogP contribution in [0.2, 0.25) is 5.02 Å². The Hall–Kier alpha value is -3.17. The average Bonchev–Trinajstić information content (AvgIpc) is 3.32. The molecular formula is C25H33ClN4O5. The number of likely N-dealkylation sites (tertiary alicyclic amines) is 1. The second kappa shape index (κ2) is 13.7. The van der Waals surface area contributed by atoms with Gasteiger partial charge in [0.1, 0.15) is 12.1 Å². The van der Waals surface area contributed by atoms with Crippen LogP contribution in [0.25, 0.3) is 0 Å². The predicted octanol–water partition coefficient (Wildman–Crippen LogP) is 2.23. The zero-order valence-corrected chi connectivity index (χ0v) is 20.8. The van der Waals surface area contributed by atoms with E-state index in [1.54, 1.807) is 19.2 Å². The molecule has 1 heterocycles. The van der Waals surface area contributed by atoms with E-state index in [0.717, 1.165) is 11.1 Å². The molecule has 10 heteroatoms. The van der Waals surface area contributed by atoms with E-state index in [2.05, 4.69) is 5.32 Å². The number of carboxylic acid groups (broad SMARTS) is 1. The summed E-state index contributed by atoms with van der Waals surface area (Å²) in [4.78, 5) is 52.5. The molecule has 4 N–H and O–H groups in total. The summed E-state index contributed by atoms with van der Waals surface area (Å²) in [6, 6.07) is 3.58. The van der Waals surface area contributed by atoms with Crippen molar-refractivity contribution in [3.8, 4) is 0 Å². The summed E-state index contributed by atoms with van der Waals surface area (Å²) in [5, 5.41) is 11.8.